The number of sulfone groups is 1. The third-order valence-electron chi connectivity index (χ3n) is 6.13. The summed E-state index contributed by atoms with van der Waals surface area (Å²) in [6, 6.07) is 12.9. The predicted molar refractivity (Wildman–Crippen MR) is 134 cm³/mol. The molecule has 0 aliphatic carbocycles. The van der Waals surface area contributed by atoms with E-state index in [9.17, 15) is 8.42 Å². The molecule has 11 heteroatoms. The second-order valence-corrected chi connectivity index (χ2v) is 11.8. The van der Waals surface area contributed by atoms with Crippen molar-refractivity contribution in [1.29, 1.82) is 0 Å². The topological polar surface area (TPSA) is 82.9 Å². The highest BCUT2D eigenvalue weighted by Gasteiger charge is 2.45. The number of halogens is 2. The van der Waals surface area contributed by atoms with Crippen LogP contribution in [0.3, 0.4) is 0 Å². The molecular weight excluding hydrogens is 513 g/mol. The number of ether oxygens (including phenoxy) is 3. The molecule has 0 saturated carbocycles. The zero-order valence-corrected chi connectivity index (χ0v) is 21.2. The van der Waals surface area contributed by atoms with Gasteiger partial charge in [0.2, 0.25) is 5.79 Å². The maximum atomic E-state index is 11.7. The van der Waals surface area contributed by atoms with Gasteiger partial charge in [-0.3, -0.25) is 0 Å². The van der Waals surface area contributed by atoms with Crippen LogP contribution in [-0.2, 0) is 31.6 Å². The van der Waals surface area contributed by atoms with Gasteiger partial charge in [-0.2, -0.15) is 0 Å². The first-order valence-electron chi connectivity index (χ1n) is 11.2. The predicted octanol–water partition coefficient (Wildman–Crippen LogP) is 3.77. The van der Waals surface area contributed by atoms with Crippen molar-refractivity contribution >= 4 is 38.7 Å². The Balaban J connectivity index is 1.24. The Morgan fingerprint density at radius 3 is 2.57 bits per heavy atom. The lowest BCUT2D eigenvalue weighted by Crippen LogP contribution is -2.40. The lowest BCUT2D eigenvalue weighted by molar-refractivity contribution is -0.189. The third-order valence-corrected chi connectivity index (χ3v) is 8.29. The number of anilines is 1. The van der Waals surface area contributed by atoms with Crippen LogP contribution in [0.25, 0.3) is 0 Å². The van der Waals surface area contributed by atoms with Gasteiger partial charge < -0.3 is 23.7 Å². The summed E-state index contributed by atoms with van der Waals surface area (Å²) in [4.78, 5) is 6.18. The second kappa shape index (κ2) is 9.99. The highest BCUT2D eigenvalue weighted by molar-refractivity contribution is 7.91. The first-order chi connectivity index (χ1) is 16.8. The van der Waals surface area contributed by atoms with Gasteiger partial charge in [0.1, 0.15) is 18.5 Å². The Bertz CT molecular complexity index is 1260. The number of aromatic nitrogens is 2. The zero-order chi connectivity index (χ0) is 24.5. The van der Waals surface area contributed by atoms with Crippen molar-refractivity contribution < 1.29 is 22.6 Å². The fourth-order valence-corrected chi connectivity index (χ4v) is 6.04. The fraction of sp³-hybridized carbons (Fsp3) is 0.375. The first-order valence-corrected chi connectivity index (χ1v) is 13.8. The smallest absolute Gasteiger partial charge is 0.215 e. The summed E-state index contributed by atoms with van der Waals surface area (Å²) >= 11 is 12.6. The van der Waals surface area contributed by atoms with E-state index in [0.29, 0.717) is 47.6 Å². The Hall–Kier alpha value is -2.30. The van der Waals surface area contributed by atoms with Crippen molar-refractivity contribution in [2.24, 2.45) is 0 Å². The van der Waals surface area contributed by atoms with E-state index >= 15 is 0 Å². The van der Waals surface area contributed by atoms with Crippen molar-refractivity contribution in [3.05, 3.63) is 76.8 Å². The summed E-state index contributed by atoms with van der Waals surface area (Å²) < 4.78 is 43.8. The maximum absolute atomic E-state index is 11.7. The molecule has 3 aromatic rings. The molecule has 2 fully saturated rings. The van der Waals surface area contributed by atoms with Gasteiger partial charge in [-0.1, -0.05) is 29.3 Å². The maximum Gasteiger partial charge on any atom is 0.215 e. The van der Waals surface area contributed by atoms with E-state index in [-0.39, 0.29) is 24.2 Å². The molecule has 35 heavy (non-hydrogen) atoms. The Morgan fingerprint density at radius 2 is 1.89 bits per heavy atom. The molecule has 0 bridgehead atoms. The van der Waals surface area contributed by atoms with Crippen molar-refractivity contribution in [1.82, 2.24) is 9.55 Å². The van der Waals surface area contributed by atoms with Crippen LogP contribution in [0.5, 0.6) is 5.75 Å². The number of hydrogen-bond acceptors (Lipinski definition) is 7. The molecule has 2 aliphatic rings. The summed E-state index contributed by atoms with van der Waals surface area (Å²) in [6.45, 7) is 1.99. The highest BCUT2D eigenvalue weighted by Crippen LogP contribution is 2.40. The van der Waals surface area contributed by atoms with Gasteiger partial charge >= 0.3 is 0 Å². The monoisotopic (exact) mass is 537 g/mol. The molecule has 2 aromatic carbocycles. The van der Waals surface area contributed by atoms with Crippen LogP contribution in [0.1, 0.15) is 5.56 Å². The van der Waals surface area contributed by atoms with Crippen molar-refractivity contribution in [2.45, 2.75) is 18.4 Å². The van der Waals surface area contributed by atoms with Crippen molar-refractivity contribution in [3.8, 4) is 5.75 Å². The van der Waals surface area contributed by atoms with Crippen LogP contribution in [0, 0.1) is 0 Å². The van der Waals surface area contributed by atoms with Gasteiger partial charge in [-0.05, 0) is 36.4 Å². The largest absolute Gasteiger partial charge is 0.491 e. The Kier molecular flexibility index (Phi) is 6.96. The number of hydrogen-bond donors (Lipinski definition) is 0. The molecule has 8 nitrogen and oxygen atoms in total. The molecule has 1 aromatic heterocycles. The fourth-order valence-electron chi connectivity index (χ4n) is 4.29. The van der Waals surface area contributed by atoms with Gasteiger partial charge in [0.05, 0.1) is 36.0 Å². The number of benzene rings is 2. The number of rotatable bonds is 7. The summed E-state index contributed by atoms with van der Waals surface area (Å²) in [6.07, 6.45) is 4.90. The van der Waals surface area contributed by atoms with E-state index in [4.69, 9.17) is 37.4 Å². The lowest BCUT2D eigenvalue weighted by Gasteiger charge is -2.30. The molecule has 2 unspecified atom stereocenters. The van der Waals surface area contributed by atoms with Gasteiger partial charge in [0, 0.05) is 41.8 Å². The van der Waals surface area contributed by atoms with Gasteiger partial charge in [0.15, 0.2) is 9.84 Å². The molecule has 3 heterocycles. The minimum atomic E-state index is -2.91. The molecular formula is C24H25Cl2N3O5S. The second-order valence-electron chi connectivity index (χ2n) is 8.61. The Labute approximate surface area is 214 Å². The minimum Gasteiger partial charge on any atom is -0.491 e. The molecule has 5 rings (SSSR count). The SMILES string of the molecule is O=S1(=O)CCN(c2ccc(OCC3COC(Cn4ccnc4)(c4ccc(Cl)cc4Cl)O3)cc2)CC1. The Morgan fingerprint density at radius 1 is 1.11 bits per heavy atom. The first kappa shape index (κ1) is 24.4. The molecule has 186 valence electrons. The van der Waals surface area contributed by atoms with E-state index < -0.39 is 15.6 Å². The molecule has 0 amide bonds. The summed E-state index contributed by atoms with van der Waals surface area (Å²) in [7, 11) is -2.91. The minimum absolute atomic E-state index is 0.183. The highest BCUT2D eigenvalue weighted by atomic mass is 35.5. The summed E-state index contributed by atoms with van der Waals surface area (Å²) in [5, 5.41) is 0.990. The van der Waals surface area contributed by atoms with E-state index in [1.54, 1.807) is 24.7 Å². The third kappa shape index (κ3) is 5.59. The van der Waals surface area contributed by atoms with Gasteiger partial charge in [-0.15, -0.1) is 0 Å². The van der Waals surface area contributed by atoms with E-state index in [1.165, 1.54) is 0 Å². The van der Waals surface area contributed by atoms with E-state index in [2.05, 4.69) is 9.88 Å². The molecule has 2 aliphatic heterocycles. The summed E-state index contributed by atoms with van der Waals surface area (Å²) in [5.41, 5.74) is 1.66. The van der Waals surface area contributed by atoms with Crippen LogP contribution in [0.4, 0.5) is 5.69 Å². The molecule has 0 radical (unpaired) electrons. The van der Waals surface area contributed by atoms with E-state index in [1.807, 2.05) is 41.1 Å². The molecule has 0 N–H and O–H groups in total. The quantitative estimate of drug-likeness (QED) is 0.453. The van der Waals surface area contributed by atoms with Crippen LogP contribution < -0.4 is 9.64 Å². The van der Waals surface area contributed by atoms with Crippen LogP contribution >= 0.6 is 23.2 Å². The number of nitrogens with zero attached hydrogens (tertiary/aromatic N) is 3. The average molecular weight is 538 g/mol. The van der Waals surface area contributed by atoms with Crippen LogP contribution in [0.2, 0.25) is 10.0 Å². The standard InChI is InChI=1S/C24H25Cl2N3O5S/c25-18-1-6-22(23(26)13-18)24(16-28-8-7-27-17-28)33-15-21(34-24)14-32-20-4-2-19(3-5-20)29-9-11-35(30,31)12-10-29/h1-8,13,17,21H,9-12,14-16H2. The van der Waals surface area contributed by atoms with Crippen LogP contribution in [0.15, 0.2) is 61.2 Å². The normalized spacial score (nSPS) is 23.9. The summed E-state index contributed by atoms with van der Waals surface area (Å²) in [5.74, 6) is -0.0426. The van der Waals surface area contributed by atoms with Crippen molar-refractivity contribution in [2.75, 3.05) is 42.7 Å². The van der Waals surface area contributed by atoms with Crippen molar-refractivity contribution in [3.63, 3.8) is 0 Å². The number of imidazole rings is 1. The van der Waals surface area contributed by atoms with Gasteiger partial charge in [0.25, 0.3) is 0 Å². The molecule has 2 saturated heterocycles. The van der Waals surface area contributed by atoms with Gasteiger partial charge in [-0.25, -0.2) is 13.4 Å². The average Bonchev–Trinajstić information content (AvgIpc) is 3.49. The zero-order valence-electron chi connectivity index (χ0n) is 18.8. The van der Waals surface area contributed by atoms with Crippen LogP contribution in [-0.4, -0.2) is 61.9 Å². The molecule has 2 atom stereocenters. The lowest BCUT2D eigenvalue weighted by atomic mass is 10.1. The molecule has 0 spiro atoms. The van der Waals surface area contributed by atoms with E-state index in [0.717, 1.165) is 5.69 Å².